The molecule has 95 heavy (non-hydrogen) atoms. The number of amides is 10. The predicted molar refractivity (Wildman–Crippen MR) is 350 cm³/mol. The molecule has 5 aromatic rings. The van der Waals surface area contributed by atoms with Crippen molar-refractivity contribution in [3.05, 3.63) is 119 Å². The molecule has 0 saturated heterocycles. The lowest BCUT2D eigenvalue weighted by Crippen LogP contribution is -2.57. The smallest absolute Gasteiger partial charge is 0.340 e. The zero-order valence-corrected chi connectivity index (χ0v) is 54.5. The highest BCUT2D eigenvalue weighted by Gasteiger charge is 2.53. The maximum absolute atomic E-state index is 14.5. The van der Waals surface area contributed by atoms with Gasteiger partial charge >= 0.3 is 5.97 Å². The number of methoxy groups -OCH3 is 1. The Hall–Kier alpha value is -9.81. The summed E-state index contributed by atoms with van der Waals surface area (Å²) in [7, 11) is 8.97. The van der Waals surface area contributed by atoms with Crippen LogP contribution in [-0.4, -0.2) is 231 Å². The Bertz CT molecular complexity index is 3630. The average Bonchev–Trinajstić information content (AvgIpc) is 1.62. The fourth-order valence-electron chi connectivity index (χ4n) is 11.0. The first-order valence-electron chi connectivity index (χ1n) is 31.2. The van der Waals surface area contributed by atoms with E-state index in [0.717, 1.165) is 10.9 Å². The molecule has 0 saturated carbocycles. The van der Waals surface area contributed by atoms with Crippen LogP contribution in [0.1, 0.15) is 78.6 Å². The van der Waals surface area contributed by atoms with Crippen molar-refractivity contribution in [2.24, 2.45) is 11.5 Å². The molecule has 0 radical (unpaired) electrons. The highest BCUT2D eigenvalue weighted by molar-refractivity contribution is 6.01. The zero-order chi connectivity index (χ0) is 69.1. The number of hydrogen-bond acceptors (Lipinski definition) is 18. The van der Waals surface area contributed by atoms with Gasteiger partial charge in [0.2, 0.25) is 59.1 Å². The number of anilines is 2. The Kier molecular flexibility index (Phi) is 25.9. The van der Waals surface area contributed by atoms with Gasteiger partial charge in [0.05, 0.1) is 50.4 Å². The van der Waals surface area contributed by atoms with Crippen LogP contribution < -0.4 is 48.1 Å². The molecule has 5 atom stereocenters. The predicted octanol–water partition coefficient (Wildman–Crippen LogP) is 0.477. The van der Waals surface area contributed by atoms with Gasteiger partial charge in [-0.1, -0.05) is 36.4 Å². The molecule has 1 aromatic heterocycles. The van der Waals surface area contributed by atoms with Crippen LogP contribution in [0, 0.1) is 0 Å². The van der Waals surface area contributed by atoms with Crippen molar-refractivity contribution < 1.29 is 72.1 Å². The number of nitrogens with two attached hydrogens (primary N) is 2. The molecular weight excluding hydrogens is 1230 g/mol. The third-order valence-corrected chi connectivity index (χ3v) is 15.8. The largest absolute Gasteiger partial charge is 0.456 e. The molecule has 29 heteroatoms. The minimum Gasteiger partial charge on any atom is -0.456 e. The quantitative estimate of drug-likeness (QED) is 0.0195. The summed E-state index contributed by atoms with van der Waals surface area (Å²) >= 11 is 0. The van der Waals surface area contributed by atoms with Gasteiger partial charge in [0.15, 0.2) is 5.60 Å². The minimum absolute atomic E-state index is 0.0256. The van der Waals surface area contributed by atoms with E-state index in [-0.39, 0.29) is 87.0 Å². The normalized spacial score (nSPS) is 14.8. The van der Waals surface area contributed by atoms with E-state index in [0.29, 0.717) is 54.6 Å². The van der Waals surface area contributed by atoms with Gasteiger partial charge in [0.25, 0.3) is 0 Å². The number of aliphatic hydroxyl groups excluding tert-OH is 1. The number of aromatic nitrogens is 1. The highest BCUT2D eigenvalue weighted by atomic mass is 16.6. The van der Waals surface area contributed by atoms with Crippen LogP contribution in [0.3, 0.4) is 0 Å². The zero-order valence-electron chi connectivity index (χ0n) is 54.5. The summed E-state index contributed by atoms with van der Waals surface area (Å²) < 4.78 is 18.1. The molecule has 29 nitrogen and oxygen atoms in total. The van der Waals surface area contributed by atoms with Crippen LogP contribution in [0.5, 0.6) is 11.5 Å². The van der Waals surface area contributed by atoms with Gasteiger partial charge in [-0.3, -0.25) is 47.9 Å². The number of benzene rings is 4. The first-order chi connectivity index (χ1) is 45.3. The van der Waals surface area contributed by atoms with Crippen LogP contribution in [0.25, 0.3) is 10.9 Å². The van der Waals surface area contributed by atoms with Crippen molar-refractivity contribution in [3.63, 3.8) is 0 Å². The van der Waals surface area contributed by atoms with E-state index < -0.39 is 115 Å². The number of fused-ring (bicyclic) bond motifs is 7. The summed E-state index contributed by atoms with van der Waals surface area (Å²) in [6.07, 6.45) is 1.06. The number of aromatic amines is 1. The number of rotatable bonds is 35. The molecule has 1 spiro atoms. The Morgan fingerprint density at radius 3 is 1.82 bits per heavy atom. The van der Waals surface area contributed by atoms with Crippen LogP contribution in [0.2, 0.25) is 0 Å². The van der Waals surface area contributed by atoms with E-state index in [1.165, 1.54) is 47.8 Å². The van der Waals surface area contributed by atoms with Crippen molar-refractivity contribution in [2.45, 2.75) is 82.2 Å². The molecule has 7 rings (SSSR count). The van der Waals surface area contributed by atoms with Crippen LogP contribution in [0.4, 0.5) is 11.4 Å². The van der Waals surface area contributed by atoms with Gasteiger partial charge in [-0.15, -0.1) is 0 Å². The molecular formula is C66H86N14O15. The molecule has 0 bridgehead atoms. The molecule has 4 aromatic carbocycles. The molecule has 3 heterocycles. The topological polar surface area (TPSA) is 392 Å². The molecule has 4 unspecified atom stereocenters. The molecule has 510 valence electrons. The summed E-state index contributed by atoms with van der Waals surface area (Å²) in [4.78, 5) is 158. The van der Waals surface area contributed by atoms with E-state index in [1.807, 2.05) is 62.3 Å². The highest BCUT2D eigenvalue weighted by Crippen LogP contribution is 2.57. The lowest BCUT2D eigenvalue weighted by atomic mass is 9.77. The monoisotopic (exact) mass is 1310 g/mol. The van der Waals surface area contributed by atoms with Crippen molar-refractivity contribution in [1.29, 1.82) is 0 Å². The Balaban J connectivity index is 1.03. The van der Waals surface area contributed by atoms with Crippen LogP contribution >= 0.6 is 0 Å². The lowest BCUT2D eigenvalue weighted by molar-refractivity contribution is -0.145. The van der Waals surface area contributed by atoms with Gasteiger partial charge in [-0.25, -0.2) is 4.79 Å². The standard InChI is InChI=1S/C66H86N14O15/c1-40(67)62(89)75-61(41(2)81)64(91)71-35-57(85)74-51(31-42-34-69-50-18-11-9-15-45(42)50)63(90)73-44-20-22-49-53(33-44)94-52-32-43(19-21-48(52)66(49)47-17-10-8-16-46(47)65(92)95-66)72-56(84)24-23-55(83)70-36-58(86)79(28-13-26-77(5)6)38-60(88)80(29-14-30-93-7)39-59(87)78(37-54(68)82)27-12-25-76(3)4/h8-11,15-22,32-34,40-41,51,61,69,81H,12-14,23-31,35-39,67H2,1-7H3,(H2,68,82)(H,70,83)(H,71,91)(H,72,84)(H,73,90)(H,74,85)(H,75,89)/t40-,41?,51?,61?,66?/m0/s1. The Morgan fingerprint density at radius 2 is 1.21 bits per heavy atom. The lowest BCUT2D eigenvalue weighted by Gasteiger charge is -2.37. The average molecular weight is 1320 g/mol. The molecule has 0 fully saturated rings. The number of hydrogen-bond donors (Lipinski definition) is 10. The van der Waals surface area contributed by atoms with Gasteiger partial charge in [-0.2, -0.15) is 0 Å². The third kappa shape index (κ3) is 19.6. The number of aliphatic hydroxyl groups is 1. The fraction of sp³-hybridized carbons (Fsp3) is 0.439. The van der Waals surface area contributed by atoms with Crippen molar-refractivity contribution in [2.75, 3.05) is 118 Å². The maximum atomic E-state index is 14.5. The number of H-pyrrole nitrogens is 1. The van der Waals surface area contributed by atoms with Gasteiger partial charge in [0.1, 0.15) is 23.6 Å². The van der Waals surface area contributed by atoms with Crippen LogP contribution in [0.15, 0.2) is 91.1 Å². The third-order valence-electron chi connectivity index (χ3n) is 15.8. The number of carbonyl (C=O) groups excluding carboxylic acids is 11. The fourth-order valence-corrected chi connectivity index (χ4v) is 11.0. The summed E-state index contributed by atoms with van der Waals surface area (Å²) in [5, 5.41) is 26.7. The summed E-state index contributed by atoms with van der Waals surface area (Å²) in [5.41, 5.74) is 13.0. The first kappa shape index (κ1) is 72.6. The number of carbonyl (C=O) groups is 11. The minimum atomic E-state index is -1.58. The van der Waals surface area contributed by atoms with Crippen molar-refractivity contribution in [3.8, 4) is 11.5 Å². The molecule has 12 N–H and O–H groups in total. The number of para-hydroxylation sites is 1. The van der Waals surface area contributed by atoms with Crippen molar-refractivity contribution >= 4 is 87.3 Å². The van der Waals surface area contributed by atoms with Crippen LogP contribution in [-0.2, 0) is 69.4 Å². The summed E-state index contributed by atoms with van der Waals surface area (Å²) in [5.74, 6) is -6.90. The van der Waals surface area contributed by atoms with E-state index in [1.54, 1.807) is 54.7 Å². The van der Waals surface area contributed by atoms with Gasteiger partial charge in [-0.05, 0) is 116 Å². The number of primary amides is 1. The van der Waals surface area contributed by atoms with E-state index in [2.05, 4.69) is 36.9 Å². The summed E-state index contributed by atoms with van der Waals surface area (Å²) in [6, 6.07) is 19.9. The van der Waals surface area contributed by atoms with E-state index in [4.69, 9.17) is 25.7 Å². The summed E-state index contributed by atoms with van der Waals surface area (Å²) in [6.45, 7) is 2.38. The van der Waals surface area contributed by atoms with E-state index in [9.17, 15) is 57.8 Å². The molecule has 2 aliphatic rings. The number of nitrogens with zero attached hydrogens (tertiary/aromatic N) is 5. The molecule has 10 amide bonds. The Morgan fingerprint density at radius 1 is 0.632 bits per heavy atom. The second-order valence-electron chi connectivity index (χ2n) is 23.9. The van der Waals surface area contributed by atoms with Crippen molar-refractivity contribution in [1.82, 2.24) is 50.8 Å². The number of ether oxygens (including phenoxy) is 3. The SMILES string of the molecule is COCCCN(CC(=O)N(CCCN(C)C)CC(N)=O)C(=O)CN(CCCN(C)C)C(=O)CNC(=O)CCC(=O)Nc1ccc2c(c1)Oc1cc(NC(=O)C(Cc3c[nH]c4ccccc34)NC(=O)CNC(=O)C(NC(=O)[C@H](C)N)C(C)O)ccc1C21OC(=O)c2ccccc21. The maximum Gasteiger partial charge on any atom is 0.340 e. The van der Waals surface area contributed by atoms with Gasteiger partial charge < -0.3 is 92.2 Å². The molecule has 2 aliphatic heterocycles. The second kappa shape index (κ2) is 33.9. The second-order valence-corrected chi connectivity index (χ2v) is 23.9. The molecule has 0 aliphatic carbocycles. The first-order valence-corrected chi connectivity index (χ1v) is 31.2. The number of nitrogens with one attached hydrogen (secondary N) is 7. The number of esters is 1. The van der Waals surface area contributed by atoms with Gasteiger partial charge in [0, 0.05) is 110 Å². The van der Waals surface area contributed by atoms with E-state index >= 15 is 0 Å². The Labute approximate surface area is 550 Å².